The third kappa shape index (κ3) is 3.35. The number of thiophene rings is 1. The third-order valence-corrected chi connectivity index (χ3v) is 6.72. The first kappa shape index (κ1) is 17.1. The highest BCUT2D eigenvalue weighted by Gasteiger charge is 2.31. The average molecular weight is 370 g/mol. The van der Waals surface area contributed by atoms with Crippen molar-refractivity contribution < 1.29 is 17.7 Å². The highest BCUT2D eigenvalue weighted by Crippen LogP contribution is 2.27. The number of rotatable bonds is 6. The van der Waals surface area contributed by atoms with Crippen LogP contribution >= 0.6 is 11.3 Å². The van der Waals surface area contributed by atoms with Crippen molar-refractivity contribution in [3.8, 4) is 0 Å². The molecule has 3 heterocycles. The monoisotopic (exact) mass is 370 g/mol. The summed E-state index contributed by atoms with van der Waals surface area (Å²) in [7, 11) is -3.62. The first-order valence-electron chi connectivity index (χ1n) is 7.69. The summed E-state index contributed by atoms with van der Waals surface area (Å²) in [5, 5.41) is 8.01. The maximum atomic E-state index is 12.7. The number of aromatic nitrogens is 2. The van der Waals surface area contributed by atoms with Gasteiger partial charge in [0, 0.05) is 19.5 Å². The highest BCUT2D eigenvalue weighted by atomic mass is 32.2. The molecule has 0 saturated carbocycles. The van der Waals surface area contributed by atoms with Gasteiger partial charge in [0.2, 0.25) is 15.9 Å². The molecule has 24 heavy (non-hydrogen) atoms. The molecule has 0 aromatic carbocycles. The van der Waals surface area contributed by atoms with Crippen molar-refractivity contribution in [2.24, 2.45) is 0 Å². The number of carbonyl (C=O) groups excluding carboxylic acids is 1. The summed E-state index contributed by atoms with van der Waals surface area (Å²) in [6.45, 7) is 2.98. The van der Waals surface area contributed by atoms with Crippen LogP contribution < -0.4 is 5.32 Å². The van der Waals surface area contributed by atoms with E-state index in [-0.39, 0.29) is 16.3 Å². The van der Waals surface area contributed by atoms with Crippen LogP contribution in [0.25, 0.3) is 0 Å². The Morgan fingerprint density at radius 3 is 2.83 bits per heavy atom. The molecule has 1 saturated heterocycles. The number of hydrogen-bond donors (Lipinski definition) is 1. The van der Waals surface area contributed by atoms with Crippen molar-refractivity contribution in [3.05, 3.63) is 28.0 Å². The lowest BCUT2D eigenvalue weighted by Gasteiger charge is -2.15. The number of carbonyl (C=O) groups is 1. The van der Waals surface area contributed by atoms with Crippen LogP contribution in [-0.4, -0.2) is 41.9 Å². The fourth-order valence-corrected chi connectivity index (χ4v) is 5.31. The molecule has 1 N–H and O–H groups in total. The Bertz CT molecular complexity index is 821. The van der Waals surface area contributed by atoms with Crippen molar-refractivity contribution in [3.63, 3.8) is 0 Å². The van der Waals surface area contributed by atoms with Crippen molar-refractivity contribution in [2.45, 2.75) is 37.6 Å². The van der Waals surface area contributed by atoms with Gasteiger partial charge in [0.1, 0.15) is 9.77 Å². The second-order valence-electron chi connectivity index (χ2n) is 5.37. The van der Waals surface area contributed by atoms with Crippen LogP contribution in [0.15, 0.2) is 20.9 Å². The Labute approximate surface area is 143 Å². The fourth-order valence-electron chi connectivity index (χ4n) is 2.48. The first-order valence-corrected chi connectivity index (χ1v) is 10.0. The van der Waals surface area contributed by atoms with Crippen LogP contribution in [0, 0.1) is 0 Å². The Morgan fingerprint density at radius 2 is 2.17 bits per heavy atom. The molecule has 8 nitrogen and oxygen atoms in total. The standard InChI is InChI=1S/C14H18N4O4S2/c1-2-12-16-11(17-22-12)9-15-14(19)13-10(5-8-23-13)24(20,21)18-6-3-4-7-18/h5,8H,2-4,6-7,9H2,1H3,(H,15,19). The Balaban J connectivity index is 1.73. The van der Waals surface area contributed by atoms with Gasteiger partial charge in [-0.1, -0.05) is 12.1 Å². The minimum atomic E-state index is -3.62. The summed E-state index contributed by atoms with van der Waals surface area (Å²) in [5.41, 5.74) is 0. The molecule has 1 aliphatic heterocycles. The minimum absolute atomic E-state index is 0.0641. The molecule has 1 amide bonds. The van der Waals surface area contributed by atoms with E-state index in [9.17, 15) is 13.2 Å². The van der Waals surface area contributed by atoms with Gasteiger partial charge >= 0.3 is 0 Å². The molecule has 0 bridgehead atoms. The first-order chi connectivity index (χ1) is 11.5. The van der Waals surface area contributed by atoms with Crippen molar-refractivity contribution in [2.75, 3.05) is 13.1 Å². The van der Waals surface area contributed by atoms with Crippen LogP contribution in [0.4, 0.5) is 0 Å². The van der Waals surface area contributed by atoms with Crippen LogP contribution in [0.5, 0.6) is 0 Å². The fraction of sp³-hybridized carbons (Fsp3) is 0.500. The molecule has 3 rings (SSSR count). The molecule has 0 radical (unpaired) electrons. The van der Waals surface area contributed by atoms with E-state index in [1.807, 2.05) is 6.92 Å². The van der Waals surface area contributed by atoms with E-state index >= 15 is 0 Å². The molecule has 130 valence electrons. The number of aryl methyl sites for hydroxylation is 1. The molecular formula is C14H18N4O4S2. The van der Waals surface area contributed by atoms with Gasteiger partial charge in [-0.3, -0.25) is 4.79 Å². The van der Waals surface area contributed by atoms with Gasteiger partial charge in [-0.2, -0.15) is 9.29 Å². The van der Waals surface area contributed by atoms with E-state index in [1.54, 1.807) is 5.38 Å². The van der Waals surface area contributed by atoms with E-state index in [1.165, 1.54) is 10.4 Å². The van der Waals surface area contributed by atoms with Crippen molar-refractivity contribution in [1.82, 2.24) is 19.8 Å². The van der Waals surface area contributed by atoms with Gasteiger partial charge in [0.05, 0.1) is 6.54 Å². The van der Waals surface area contributed by atoms with E-state index in [0.29, 0.717) is 31.2 Å². The molecule has 0 atom stereocenters. The van der Waals surface area contributed by atoms with E-state index in [4.69, 9.17) is 4.52 Å². The molecule has 1 fully saturated rings. The summed E-state index contributed by atoms with van der Waals surface area (Å²) in [6, 6.07) is 1.48. The second-order valence-corrected chi connectivity index (χ2v) is 8.19. The lowest BCUT2D eigenvalue weighted by Crippen LogP contribution is -2.30. The number of hydrogen-bond acceptors (Lipinski definition) is 7. The van der Waals surface area contributed by atoms with E-state index < -0.39 is 15.9 Å². The Hall–Kier alpha value is -1.78. The number of sulfonamides is 1. The number of nitrogens with one attached hydrogen (secondary N) is 1. The second kappa shape index (κ2) is 6.99. The Morgan fingerprint density at radius 1 is 1.42 bits per heavy atom. The van der Waals surface area contributed by atoms with Gasteiger partial charge in [-0.15, -0.1) is 11.3 Å². The van der Waals surface area contributed by atoms with Gasteiger partial charge in [0.25, 0.3) is 5.91 Å². The smallest absolute Gasteiger partial charge is 0.263 e. The summed E-state index contributed by atoms with van der Waals surface area (Å²) < 4.78 is 31.7. The van der Waals surface area contributed by atoms with Crippen LogP contribution in [0.3, 0.4) is 0 Å². The van der Waals surface area contributed by atoms with Crippen LogP contribution in [0.2, 0.25) is 0 Å². The SMILES string of the molecule is CCc1nc(CNC(=O)c2sccc2S(=O)(=O)N2CCCC2)no1. The number of nitrogens with zero attached hydrogens (tertiary/aromatic N) is 3. The highest BCUT2D eigenvalue weighted by molar-refractivity contribution is 7.89. The van der Waals surface area contributed by atoms with E-state index in [2.05, 4.69) is 15.5 Å². The summed E-state index contributed by atoms with van der Waals surface area (Å²) in [5.74, 6) is 0.402. The zero-order valence-corrected chi connectivity index (χ0v) is 14.8. The van der Waals surface area contributed by atoms with Crippen molar-refractivity contribution in [1.29, 1.82) is 0 Å². The lowest BCUT2D eigenvalue weighted by atomic mass is 10.4. The normalized spacial score (nSPS) is 15.7. The Kier molecular flexibility index (Phi) is 4.97. The largest absolute Gasteiger partial charge is 0.344 e. The predicted octanol–water partition coefficient (Wildman–Crippen LogP) is 1.41. The molecule has 0 spiro atoms. The quantitative estimate of drug-likeness (QED) is 0.824. The topological polar surface area (TPSA) is 105 Å². The molecule has 2 aromatic rings. The third-order valence-electron chi connectivity index (χ3n) is 3.74. The zero-order chi connectivity index (χ0) is 17.2. The van der Waals surface area contributed by atoms with Gasteiger partial charge in [-0.05, 0) is 24.3 Å². The van der Waals surface area contributed by atoms with Gasteiger partial charge in [0.15, 0.2) is 5.82 Å². The van der Waals surface area contributed by atoms with Gasteiger partial charge < -0.3 is 9.84 Å². The molecule has 1 aliphatic rings. The van der Waals surface area contributed by atoms with Gasteiger partial charge in [-0.25, -0.2) is 8.42 Å². The summed E-state index contributed by atoms with van der Waals surface area (Å²) in [4.78, 5) is 16.7. The van der Waals surface area contributed by atoms with Crippen LogP contribution in [-0.2, 0) is 23.0 Å². The minimum Gasteiger partial charge on any atom is -0.344 e. The molecule has 2 aromatic heterocycles. The number of amides is 1. The molecular weight excluding hydrogens is 352 g/mol. The molecule has 0 aliphatic carbocycles. The molecule has 10 heteroatoms. The van der Waals surface area contributed by atoms with E-state index in [0.717, 1.165) is 24.2 Å². The summed E-state index contributed by atoms with van der Waals surface area (Å²) in [6.07, 6.45) is 2.31. The lowest BCUT2D eigenvalue weighted by molar-refractivity contribution is 0.0950. The average Bonchev–Trinajstić information content (AvgIpc) is 3.33. The predicted molar refractivity (Wildman–Crippen MR) is 87.2 cm³/mol. The zero-order valence-electron chi connectivity index (χ0n) is 13.2. The van der Waals surface area contributed by atoms with Crippen molar-refractivity contribution >= 4 is 27.3 Å². The van der Waals surface area contributed by atoms with Crippen LogP contribution in [0.1, 0.15) is 41.2 Å². The summed E-state index contributed by atoms with van der Waals surface area (Å²) >= 11 is 1.11. The molecule has 0 unspecified atom stereocenters. The maximum Gasteiger partial charge on any atom is 0.263 e. The maximum absolute atomic E-state index is 12.7.